The fourth-order valence-corrected chi connectivity index (χ4v) is 3.15. The van der Waals surface area contributed by atoms with E-state index < -0.39 is 0 Å². The largest absolute Gasteiger partial charge is 0.356 e. The van der Waals surface area contributed by atoms with Crippen LogP contribution in [0.15, 0.2) is 4.99 Å². The van der Waals surface area contributed by atoms with Crippen molar-refractivity contribution in [3.8, 4) is 0 Å². The van der Waals surface area contributed by atoms with Gasteiger partial charge in [-0.2, -0.15) is 0 Å². The number of aliphatic imine (C=N–C) groups is 1. The smallest absolute Gasteiger partial charge is 0.191 e. The highest BCUT2D eigenvalue weighted by Gasteiger charge is 2.31. The Morgan fingerprint density at radius 3 is 2.43 bits per heavy atom. The Bertz CT molecular complexity index is 517. The molecule has 0 bridgehead atoms. The Balaban J connectivity index is 0.00000264. The van der Waals surface area contributed by atoms with Gasteiger partial charge >= 0.3 is 0 Å². The molecule has 1 aliphatic rings. The van der Waals surface area contributed by atoms with Gasteiger partial charge in [0.2, 0.25) is 0 Å². The van der Waals surface area contributed by atoms with Gasteiger partial charge in [0.05, 0.1) is 6.54 Å². The van der Waals surface area contributed by atoms with E-state index in [9.17, 15) is 0 Å². The normalized spacial score (nSPS) is 16.3. The monoisotopic (exact) mass is 434 g/mol. The van der Waals surface area contributed by atoms with Crippen molar-refractivity contribution < 1.29 is 0 Å². The fraction of sp³-hybridized carbons (Fsp3) is 0.812. The molecule has 1 aliphatic carbocycles. The third-order valence-corrected chi connectivity index (χ3v) is 4.99. The van der Waals surface area contributed by atoms with Crippen molar-refractivity contribution in [1.82, 2.24) is 25.4 Å². The van der Waals surface area contributed by atoms with Crippen LogP contribution in [-0.2, 0) is 13.6 Å². The van der Waals surface area contributed by atoms with E-state index in [1.165, 1.54) is 25.7 Å². The minimum Gasteiger partial charge on any atom is -0.356 e. The number of hydrogen-bond acceptors (Lipinski definition) is 3. The number of hydrogen-bond donors (Lipinski definition) is 2. The molecule has 2 rings (SSSR count). The summed E-state index contributed by atoms with van der Waals surface area (Å²) >= 11 is 0. The van der Waals surface area contributed by atoms with E-state index in [1.54, 1.807) is 7.05 Å². The second-order valence-electron chi connectivity index (χ2n) is 6.97. The lowest BCUT2D eigenvalue weighted by Crippen LogP contribution is -2.43. The van der Waals surface area contributed by atoms with Crippen LogP contribution in [0.5, 0.6) is 0 Å². The summed E-state index contributed by atoms with van der Waals surface area (Å²) < 4.78 is 1.99. The Kier molecular flexibility index (Phi) is 7.76. The molecule has 1 aromatic heterocycles. The van der Waals surface area contributed by atoms with Crippen LogP contribution < -0.4 is 10.6 Å². The summed E-state index contributed by atoms with van der Waals surface area (Å²) in [5.41, 5.74) is 0.301. The second kappa shape index (κ2) is 8.84. The van der Waals surface area contributed by atoms with Crippen molar-refractivity contribution in [3.05, 3.63) is 11.6 Å². The van der Waals surface area contributed by atoms with Crippen molar-refractivity contribution in [1.29, 1.82) is 0 Å². The zero-order valence-corrected chi connectivity index (χ0v) is 17.3. The van der Waals surface area contributed by atoms with Crippen LogP contribution in [0.4, 0.5) is 0 Å². The molecule has 0 radical (unpaired) electrons. The van der Waals surface area contributed by atoms with Crippen molar-refractivity contribution in [2.24, 2.45) is 23.4 Å². The van der Waals surface area contributed by atoms with Gasteiger partial charge in [-0.3, -0.25) is 4.99 Å². The maximum absolute atomic E-state index is 4.31. The molecule has 132 valence electrons. The average molecular weight is 434 g/mol. The first-order valence-corrected chi connectivity index (χ1v) is 8.23. The summed E-state index contributed by atoms with van der Waals surface area (Å²) in [5.74, 6) is 3.48. The molecule has 0 unspecified atom stereocenters. The first-order chi connectivity index (χ1) is 10.4. The molecule has 0 spiro atoms. The second-order valence-corrected chi connectivity index (χ2v) is 6.97. The van der Waals surface area contributed by atoms with Crippen molar-refractivity contribution in [3.63, 3.8) is 0 Å². The predicted molar refractivity (Wildman–Crippen MR) is 105 cm³/mol. The molecule has 1 heterocycles. The molecule has 0 atom stereocenters. The Morgan fingerprint density at radius 1 is 1.26 bits per heavy atom. The Morgan fingerprint density at radius 2 is 1.91 bits per heavy atom. The fourth-order valence-electron chi connectivity index (χ4n) is 3.15. The molecule has 0 aliphatic heterocycles. The maximum atomic E-state index is 4.31. The number of guanidine groups is 1. The summed E-state index contributed by atoms with van der Waals surface area (Å²) in [6.45, 7) is 8.23. The number of nitrogens with zero attached hydrogens (tertiary/aromatic N) is 4. The first-order valence-electron chi connectivity index (χ1n) is 8.23. The van der Waals surface area contributed by atoms with E-state index in [-0.39, 0.29) is 24.0 Å². The summed E-state index contributed by atoms with van der Waals surface area (Å²) in [7, 11) is 3.78. The molecule has 0 aromatic carbocycles. The van der Waals surface area contributed by atoms with Gasteiger partial charge in [-0.05, 0) is 31.1 Å². The van der Waals surface area contributed by atoms with Gasteiger partial charge in [0.1, 0.15) is 5.82 Å². The lowest BCUT2D eigenvalue weighted by Gasteiger charge is -2.32. The number of rotatable bonds is 5. The molecule has 6 nitrogen and oxygen atoms in total. The minimum atomic E-state index is 0. The lowest BCUT2D eigenvalue weighted by atomic mass is 9.78. The molecule has 1 aromatic rings. The topological polar surface area (TPSA) is 67.1 Å². The summed E-state index contributed by atoms with van der Waals surface area (Å²) in [6, 6.07) is 0. The van der Waals surface area contributed by atoms with Gasteiger partial charge in [-0.25, -0.2) is 0 Å². The molecule has 1 saturated carbocycles. The number of aryl methyl sites for hydroxylation is 1. The van der Waals surface area contributed by atoms with Gasteiger partial charge in [0.15, 0.2) is 11.8 Å². The summed E-state index contributed by atoms with van der Waals surface area (Å²) in [5, 5.41) is 15.0. The zero-order chi connectivity index (χ0) is 16.2. The Hall–Kier alpha value is -0.860. The molecule has 0 saturated heterocycles. The van der Waals surface area contributed by atoms with Crippen LogP contribution in [0.2, 0.25) is 0 Å². The van der Waals surface area contributed by atoms with Gasteiger partial charge in [-0.1, -0.05) is 26.7 Å². The van der Waals surface area contributed by atoms with E-state index >= 15 is 0 Å². The lowest BCUT2D eigenvalue weighted by molar-refractivity contribution is 0.218. The number of halogens is 1. The zero-order valence-electron chi connectivity index (χ0n) is 15.0. The van der Waals surface area contributed by atoms with Crippen LogP contribution in [0.1, 0.15) is 51.2 Å². The van der Waals surface area contributed by atoms with Crippen LogP contribution in [0, 0.1) is 18.3 Å². The molecule has 23 heavy (non-hydrogen) atoms. The van der Waals surface area contributed by atoms with E-state index in [1.807, 2.05) is 18.5 Å². The highest BCUT2D eigenvalue weighted by Crippen LogP contribution is 2.38. The third kappa shape index (κ3) is 5.32. The highest BCUT2D eigenvalue weighted by molar-refractivity contribution is 14.0. The summed E-state index contributed by atoms with van der Waals surface area (Å²) in [6.07, 6.45) is 5.48. The van der Waals surface area contributed by atoms with Crippen LogP contribution in [0.3, 0.4) is 0 Å². The van der Waals surface area contributed by atoms with Crippen LogP contribution in [0.25, 0.3) is 0 Å². The minimum absolute atomic E-state index is 0. The van der Waals surface area contributed by atoms with Gasteiger partial charge in [0, 0.05) is 20.6 Å². The SMILES string of the molecule is CN=C(NCc1nnc(C)n1C)NCC(C)(C)C1CCCC1.I. The van der Waals surface area contributed by atoms with Gasteiger partial charge in [0.25, 0.3) is 0 Å². The molecular weight excluding hydrogens is 403 g/mol. The van der Waals surface area contributed by atoms with Crippen molar-refractivity contribution in [2.45, 2.75) is 53.0 Å². The van der Waals surface area contributed by atoms with Gasteiger partial charge < -0.3 is 15.2 Å². The Labute approximate surface area is 157 Å². The van der Waals surface area contributed by atoms with Crippen LogP contribution >= 0.6 is 24.0 Å². The average Bonchev–Trinajstić information content (AvgIpc) is 3.13. The quantitative estimate of drug-likeness (QED) is 0.425. The third-order valence-electron chi connectivity index (χ3n) is 4.99. The maximum Gasteiger partial charge on any atom is 0.191 e. The van der Waals surface area contributed by atoms with E-state index in [4.69, 9.17) is 0 Å². The van der Waals surface area contributed by atoms with E-state index in [0.717, 1.165) is 30.1 Å². The number of aromatic nitrogens is 3. The van der Waals surface area contributed by atoms with Crippen LogP contribution in [-0.4, -0.2) is 34.3 Å². The highest BCUT2D eigenvalue weighted by atomic mass is 127. The molecule has 1 fully saturated rings. The van der Waals surface area contributed by atoms with Crippen molar-refractivity contribution in [2.75, 3.05) is 13.6 Å². The molecule has 7 heteroatoms. The molecular formula is C16H31IN6. The standard InChI is InChI=1S/C16H30N6.HI/c1-12-20-21-14(22(12)5)10-18-15(17-4)19-11-16(2,3)13-8-6-7-9-13;/h13H,6-11H2,1-5H3,(H2,17,18,19);1H. The predicted octanol–water partition coefficient (Wildman–Crippen LogP) is 2.62. The van der Waals surface area contributed by atoms with Crippen molar-refractivity contribution >= 4 is 29.9 Å². The summed E-state index contributed by atoms with van der Waals surface area (Å²) in [4.78, 5) is 4.31. The van der Waals surface area contributed by atoms with E-state index in [2.05, 4.69) is 39.7 Å². The van der Waals surface area contributed by atoms with Gasteiger partial charge in [-0.15, -0.1) is 34.2 Å². The number of nitrogens with one attached hydrogen (secondary N) is 2. The first kappa shape index (κ1) is 20.2. The molecule has 0 amide bonds. The van der Waals surface area contributed by atoms with E-state index in [0.29, 0.717) is 12.0 Å². The molecule has 2 N–H and O–H groups in total.